The number of nitrogens with zero attached hydrogens (tertiary/aromatic N) is 3. The molecule has 1 heterocycles. The summed E-state index contributed by atoms with van der Waals surface area (Å²) in [5.74, 6) is 0. The molecule has 0 radical (unpaired) electrons. The van der Waals surface area contributed by atoms with Gasteiger partial charge in [0.25, 0.3) is 5.69 Å². The van der Waals surface area contributed by atoms with Gasteiger partial charge in [-0.25, -0.2) is 9.97 Å². The molecular weight excluding hydrogens is 458 g/mol. The van der Waals surface area contributed by atoms with E-state index in [2.05, 4.69) is 10.6 Å². The zero-order valence-electron chi connectivity index (χ0n) is 18.4. The van der Waals surface area contributed by atoms with Crippen LogP contribution in [0.5, 0.6) is 0 Å². The molecule has 0 fully saturated rings. The SMILES string of the molecule is O=[N+]([O-])c1ccc(NC(=S)Nc2ccc3nc(-c4ccccc4)c(-c4ccccc4)nc3c2)cc1. The minimum Gasteiger partial charge on any atom is -0.332 e. The first-order chi connectivity index (χ1) is 17.1. The van der Waals surface area contributed by atoms with Crippen molar-refractivity contribution in [3.05, 3.63) is 113 Å². The number of nitrogens with one attached hydrogen (secondary N) is 2. The summed E-state index contributed by atoms with van der Waals surface area (Å²) in [7, 11) is 0. The smallest absolute Gasteiger partial charge is 0.269 e. The lowest BCUT2D eigenvalue weighted by Gasteiger charge is -2.13. The molecule has 0 bridgehead atoms. The van der Waals surface area contributed by atoms with Crippen molar-refractivity contribution in [2.45, 2.75) is 0 Å². The Kier molecular flexibility index (Phi) is 6.11. The number of nitro benzene ring substituents is 1. The van der Waals surface area contributed by atoms with Crippen LogP contribution in [0.4, 0.5) is 17.1 Å². The van der Waals surface area contributed by atoms with Gasteiger partial charge in [0.1, 0.15) is 0 Å². The lowest BCUT2D eigenvalue weighted by atomic mass is 10.0. The van der Waals surface area contributed by atoms with E-state index in [9.17, 15) is 10.1 Å². The van der Waals surface area contributed by atoms with Crippen LogP contribution in [0.3, 0.4) is 0 Å². The second-order valence-electron chi connectivity index (χ2n) is 7.74. The van der Waals surface area contributed by atoms with E-state index in [-0.39, 0.29) is 5.69 Å². The number of fused-ring (bicyclic) bond motifs is 1. The maximum Gasteiger partial charge on any atom is 0.269 e. The van der Waals surface area contributed by atoms with Crippen molar-refractivity contribution in [2.75, 3.05) is 10.6 Å². The second-order valence-corrected chi connectivity index (χ2v) is 8.15. The first kappa shape index (κ1) is 22.1. The molecule has 0 aliphatic carbocycles. The van der Waals surface area contributed by atoms with Crippen LogP contribution in [-0.2, 0) is 0 Å². The van der Waals surface area contributed by atoms with E-state index in [1.807, 2.05) is 78.9 Å². The fraction of sp³-hybridized carbons (Fsp3) is 0. The van der Waals surface area contributed by atoms with Crippen LogP contribution in [0.25, 0.3) is 33.5 Å². The van der Waals surface area contributed by atoms with Crippen LogP contribution in [0.1, 0.15) is 0 Å². The van der Waals surface area contributed by atoms with E-state index in [1.165, 1.54) is 12.1 Å². The fourth-order valence-corrected chi connectivity index (χ4v) is 3.92. The quantitative estimate of drug-likeness (QED) is 0.166. The summed E-state index contributed by atoms with van der Waals surface area (Å²) in [5, 5.41) is 17.4. The molecule has 5 rings (SSSR count). The fourth-order valence-electron chi connectivity index (χ4n) is 3.69. The van der Waals surface area contributed by atoms with Crippen molar-refractivity contribution in [2.24, 2.45) is 0 Å². The first-order valence-electron chi connectivity index (χ1n) is 10.8. The minimum atomic E-state index is -0.441. The molecule has 0 unspecified atom stereocenters. The van der Waals surface area contributed by atoms with Crippen molar-refractivity contribution < 1.29 is 4.92 Å². The molecule has 0 amide bonds. The van der Waals surface area contributed by atoms with Crippen LogP contribution in [0, 0.1) is 10.1 Å². The molecule has 0 saturated carbocycles. The number of aromatic nitrogens is 2. The molecular formula is C27H19N5O2S. The van der Waals surface area contributed by atoms with Gasteiger partial charge in [0.05, 0.1) is 27.3 Å². The molecule has 0 saturated heterocycles. The summed E-state index contributed by atoms with van der Waals surface area (Å²) >= 11 is 5.42. The number of thiocarbonyl (C=S) groups is 1. The third-order valence-corrected chi connectivity index (χ3v) is 5.56. The van der Waals surface area contributed by atoms with Crippen molar-refractivity contribution in [1.82, 2.24) is 9.97 Å². The number of non-ortho nitro benzene ring substituents is 1. The Labute approximate surface area is 206 Å². The van der Waals surface area contributed by atoms with Crippen molar-refractivity contribution >= 4 is 45.4 Å². The molecule has 7 nitrogen and oxygen atoms in total. The number of benzene rings is 4. The summed E-state index contributed by atoms with van der Waals surface area (Å²) in [5.41, 5.74) is 6.51. The monoisotopic (exact) mass is 477 g/mol. The Morgan fingerprint density at radius 2 is 1.20 bits per heavy atom. The molecule has 5 aromatic rings. The molecule has 1 aromatic heterocycles. The van der Waals surface area contributed by atoms with E-state index in [0.717, 1.165) is 39.2 Å². The lowest BCUT2D eigenvalue weighted by molar-refractivity contribution is -0.384. The zero-order chi connectivity index (χ0) is 24.2. The van der Waals surface area contributed by atoms with Crippen molar-refractivity contribution in [1.29, 1.82) is 0 Å². The number of hydrogen-bond acceptors (Lipinski definition) is 5. The van der Waals surface area contributed by atoms with Gasteiger partial charge in [-0.15, -0.1) is 0 Å². The van der Waals surface area contributed by atoms with E-state index in [0.29, 0.717) is 10.8 Å². The minimum absolute atomic E-state index is 0.0200. The standard InChI is InChI=1S/C27H19N5O2S/c33-32(34)22-14-11-20(12-15-22)28-27(35)29-21-13-16-23-24(17-21)31-26(19-9-5-2-6-10-19)25(30-23)18-7-3-1-4-8-18/h1-17H,(H2,28,29,35). The van der Waals surface area contributed by atoms with Gasteiger partial charge < -0.3 is 10.6 Å². The van der Waals surface area contributed by atoms with Gasteiger partial charge in [-0.2, -0.15) is 0 Å². The van der Waals surface area contributed by atoms with Crippen LogP contribution in [0.2, 0.25) is 0 Å². The molecule has 0 atom stereocenters. The zero-order valence-corrected chi connectivity index (χ0v) is 19.2. The highest BCUT2D eigenvalue weighted by Crippen LogP contribution is 2.31. The summed E-state index contributed by atoms with van der Waals surface area (Å²) in [6.45, 7) is 0. The average Bonchev–Trinajstić information content (AvgIpc) is 2.89. The molecule has 0 aliphatic heterocycles. The largest absolute Gasteiger partial charge is 0.332 e. The highest BCUT2D eigenvalue weighted by Gasteiger charge is 2.13. The van der Waals surface area contributed by atoms with Gasteiger partial charge in [-0.3, -0.25) is 10.1 Å². The predicted octanol–water partition coefficient (Wildman–Crippen LogP) is 6.68. The van der Waals surface area contributed by atoms with Gasteiger partial charge in [-0.05, 0) is 42.5 Å². The molecule has 8 heteroatoms. The van der Waals surface area contributed by atoms with E-state index < -0.39 is 4.92 Å². The molecule has 2 N–H and O–H groups in total. The topological polar surface area (TPSA) is 93.0 Å². The highest BCUT2D eigenvalue weighted by molar-refractivity contribution is 7.80. The summed E-state index contributed by atoms with van der Waals surface area (Å²) < 4.78 is 0. The third kappa shape index (κ3) is 4.97. The van der Waals surface area contributed by atoms with Crippen molar-refractivity contribution in [3.8, 4) is 22.5 Å². The van der Waals surface area contributed by atoms with Gasteiger partial charge in [0, 0.05) is 34.6 Å². The van der Waals surface area contributed by atoms with Crippen LogP contribution in [-0.4, -0.2) is 20.0 Å². The van der Waals surface area contributed by atoms with Gasteiger partial charge >= 0.3 is 0 Å². The maximum absolute atomic E-state index is 10.8. The Balaban J connectivity index is 1.45. The summed E-state index contributed by atoms with van der Waals surface area (Å²) in [6.07, 6.45) is 0. The van der Waals surface area contributed by atoms with E-state index in [1.54, 1.807) is 12.1 Å². The van der Waals surface area contributed by atoms with Crippen LogP contribution in [0.15, 0.2) is 103 Å². The van der Waals surface area contributed by atoms with Gasteiger partial charge in [0.2, 0.25) is 0 Å². The summed E-state index contributed by atoms with van der Waals surface area (Å²) in [4.78, 5) is 20.3. The lowest BCUT2D eigenvalue weighted by Crippen LogP contribution is -2.19. The van der Waals surface area contributed by atoms with E-state index in [4.69, 9.17) is 22.2 Å². The van der Waals surface area contributed by atoms with Gasteiger partial charge in [0.15, 0.2) is 5.11 Å². The Morgan fingerprint density at radius 1 is 0.686 bits per heavy atom. The molecule has 170 valence electrons. The van der Waals surface area contributed by atoms with Crippen LogP contribution >= 0.6 is 12.2 Å². The molecule has 35 heavy (non-hydrogen) atoms. The number of hydrogen-bond donors (Lipinski definition) is 2. The van der Waals surface area contributed by atoms with Gasteiger partial charge in [-0.1, -0.05) is 60.7 Å². The molecule has 0 spiro atoms. The highest BCUT2D eigenvalue weighted by atomic mass is 32.1. The number of nitro groups is 1. The first-order valence-corrected chi connectivity index (χ1v) is 11.2. The molecule has 0 aliphatic rings. The summed E-state index contributed by atoms with van der Waals surface area (Å²) in [6, 6.07) is 31.7. The normalized spacial score (nSPS) is 10.6. The van der Waals surface area contributed by atoms with Crippen molar-refractivity contribution in [3.63, 3.8) is 0 Å². The third-order valence-electron chi connectivity index (χ3n) is 5.35. The number of rotatable bonds is 5. The Morgan fingerprint density at radius 3 is 1.77 bits per heavy atom. The number of anilines is 2. The van der Waals surface area contributed by atoms with E-state index >= 15 is 0 Å². The maximum atomic E-state index is 10.8. The van der Waals surface area contributed by atoms with Crippen LogP contribution < -0.4 is 10.6 Å². The predicted molar refractivity (Wildman–Crippen MR) is 143 cm³/mol. The Bertz CT molecular complexity index is 1520. The average molecular weight is 478 g/mol. The second kappa shape index (κ2) is 9.66. The Hall–Kier alpha value is -4.69. The molecule has 4 aromatic carbocycles.